The Labute approximate surface area is 112 Å². The normalized spacial score (nSPS) is 10.1. The highest BCUT2D eigenvalue weighted by Crippen LogP contribution is 2.20. The third-order valence-corrected chi connectivity index (χ3v) is 2.85. The summed E-state index contributed by atoms with van der Waals surface area (Å²) < 4.78 is 5.54. The molecule has 0 amide bonds. The molecule has 0 unspecified atom stereocenters. The molecule has 2 rings (SSSR count). The molecule has 5 nitrogen and oxygen atoms in total. The van der Waals surface area contributed by atoms with Gasteiger partial charge in [0.25, 0.3) is 0 Å². The Hall–Kier alpha value is -1.95. The van der Waals surface area contributed by atoms with Gasteiger partial charge in [0.1, 0.15) is 11.4 Å². The largest absolute Gasteiger partial charge is 0.465 e. The summed E-state index contributed by atoms with van der Waals surface area (Å²) in [6, 6.07) is 7.47. The molecular weight excluding hydrogens is 298 g/mol. The lowest BCUT2D eigenvalue weighted by Gasteiger charge is -2.05. The zero-order chi connectivity index (χ0) is 13.1. The number of benzene rings is 1. The number of hydrogen-bond acceptors (Lipinski definition) is 5. The van der Waals surface area contributed by atoms with Gasteiger partial charge >= 0.3 is 5.97 Å². The number of rotatable bonds is 2. The maximum Gasteiger partial charge on any atom is 0.343 e. The smallest absolute Gasteiger partial charge is 0.343 e. The van der Waals surface area contributed by atoms with Crippen LogP contribution in [0.15, 0.2) is 34.9 Å². The van der Waals surface area contributed by atoms with E-state index in [0.717, 1.165) is 10.0 Å². The van der Waals surface area contributed by atoms with E-state index >= 15 is 0 Å². The molecule has 0 bridgehead atoms. The minimum Gasteiger partial charge on any atom is -0.465 e. The molecule has 0 spiro atoms. The Bertz CT molecular complexity index is 584. The van der Waals surface area contributed by atoms with Crippen molar-refractivity contribution in [3.05, 3.63) is 40.5 Å². The number of carbonyl (C=O) groups is 1. The Morgan fingerprint density at radius 1 is 1.33 bits per heavy atom. The molecule has 18 heavy (non-hydrogen) atoms. The van der Waals surface area contributed by atoms with Gasteiger partial charge in [0.05, 0.1) is 7.11 Å². The lowest BCUT2D eigenvalue weighted by molar-refractivity contribution is 0.0601. The van der Waals surface area contributed by atoms with Gasteiger partial charge in [0.2, 0.25) is 0 Å². The van der Waals surface area contributed by atoms with Gasteiger partial charge < -0.3 is 10.5 Å². The highest BCUT2D eigenvalue weighted by Gasteiger charge is 2.13. The second-order valence-corrected chi connectivity index (χ2v) is 4.41. The van der Waals surface area contributed by atoms with Gasteiger partial charge in [-0.05, 0) is 12.1 Å². The van der Waals surface area contributed by atoms with Crippen LogP contribution >= 0.6 is 15.9 Å². The van der Waals surface area contributed by atoms with E-state index in [1.165, 1.54) is 13.3 Å². The van der Waals surface area contributed by atoms with E-state index < -0.39 is 5.97 Å². The van der Waals surface area contributed by atoms with E-state index in [1.807, 2.05) is 24.3 Å². The Morgan fingerprint density at radius 2 is 2.00 bits per heavy atom. The van der Waals surface area contributed by atoms with Crippen LogP contribution in [0.2, 0.25) is 0 Å². The maximum absolute atomic E-state index is 11.3. The fourth-order valence-electron chi connectivity index (χ4n) is 1.40. The second-order valence-electron chi connectivity index (χ2n) is 3.49. The van der Waals surface area contributed by atoms with Gasteiger partial charge in [0, 0.05) is 16.2 Å². The van der Waals surface area contributed by atoms with E-state index in [0.29, 0.717) is 5.82 Å². The number of nitrogens with zero attached hydrogens (tertiary/aromatic N) is 2. The molecule has 0 saturated carbocycles. The van der Waals surface area contributed by atoms with Crippen molar-refractivity contribution in [2.24, 2.45) is 0 Å². The summed E-state index contributed by atoms with van der Waals surface area (Å²) >= 11 is 3.35. The fourth-order valence-corrected chi connectivity index (χ4v) is 1.66. The monoisotopic (exact) mass is 307 g/mol. The van der Waals surface area contributed by atoms with Gasteiger partial charge in [0.15, 0.2) is 5.82 Å². The molecule has 0 fully saturated rings. The van der Waals surface area contributed by atoms with Gasteiger partial charge in [-0.3, -0.25) is 0 Å². The summed E-state index contributed by atoms with van der Waals surface area (Å²) in [5, 5.41) is 0. The minimum atomic E-state index is -0.546. The van der Waals surface area contributed by atoms with Crippen molar-refractivity contribution in [1.82, 2.24) is 9.97 Å². The SMILES string of the molecule is COC(=O)c1cnc(-c2ccc(Br)cc2)nc1N. The number of hydrogen-bond donors (Lipinski definition) is 1. The molecule has 1 heterocycles. The quantitative estimate of drug-likeness (QED) is 0.861. The van der Waals surface area contributed by atoms with Crippen molar-refractivity contribution >= 4 is 27.7 Å². The molecule has 1 aromatic carbocycles. The van der Waals surface area contributed by atoms with E-state index in [1.54, 1.807) is 0 Å². The summed E-state index contributed by atoms with van der Waals surface area (Å²) in [5.41, 5.74) is 6.69. The van der Waals surface area contributed by atoms with Crippen molar-refractivity contribution in [3.8, 4) is 11.4 Å². The summed E-state index contributed by atoms with van der Waals surface area (Å²) in [5.74, 6) is 0.0253. The molecule has 0 atom stereocenters. The summed E-state index contributed by atoms with van der Waals surface area (Å²) in [6.45, 7) is 0. The number of aromatic nitrogens is 2. The van der Waals surface area contributed by atoms with Crippen molar-refractivity contribution in [2.45, 2.75) is 0 Å². The van der Waals surface area contributed by atoms with Crippen LogP contribution in [0.1, 0.15) is 10.4 Å². The maximum atomic E-state index is 11.3. The van der Waals surface area contributed by atoms with E-state index in [2.05, 4.69) is 30.6 Å². The summed E-state index contributed by atoms with van der Waals surface area (Å²) in [4.78, 5) is 19.5. The van der Waals surface area contributed by atoms with E-state index in [9.17, 15) is 4.79 Å². The minimum absolute atomic E-state index is 0.106. The van der Waals surface area contributed by atoms with E-state index in [4.69, 9.17) is 5.73 Å². The van der Waals surface area contributed by atoms with Crippen LogP contribution in [-0.4, -0.2) is 23.0 Å². The van der Waals surface area contributed by atoms with Crippen molar-refractivity contribution in [2.75, 3.05) is 12.8 Å². The molecule has 2 N–H and O–H groups in total. The Balaban J connectivity index is 2.40. The Kier molecular flexibility index (Phi) is 3.57. The molecule has 0 radical (unpaired) electrons. The summed E-state index contributed by atoms with van der Waals surface area (Å²) in [6.07, 6.45) is 1.37. The van der Waals surface area contributed by atoms with Gasteiger partial charge in [-0.1, -0.05) is 28.1 Å². The van der Waals surface area contributed by atoms with Crippen LogP contribution in [0.3, 0.4) is 0 Å². The molecule has 0 aliphatic rings. The highest BCUT2D eigenvalue weighted by molar-refractivity contribution is 9.10. The van der Waals surface area contributed by atoms with Crippen molar-refractivity contribution in [1.29, 1.82) is 0 Å². The molecule has 6 heteroatoms. The highest BCUT2D eigenvalue weighted by atomic mass is 79.9. The second kappa shape index (κ2) is 5.14. The predicted octanol–water partition coefficient (Wildman–Crippen LogP) is 2.27. The van der Waals surface area contributed by atoms with Crippen molar-refractivity contribution in [3.63, 3.8) is 0 Å². The number of esters is 1. The van der Waals surface area contributed by atoms with Crippen LogP contribution in [-0.2, 0) is 4.74 Å². The zero-order valence-electron chi connectivity index (χ0n) is 9.55. The number of carbonyl (C=O) groups excluding carboxylic acids is 1. The molecule has 0 aliphatic heterocycles. The number of nitrogen functional groups attached to an aromatic ring is 1. The van der Waals surface area contributed by atoms with Gasteiger partial charge in [-0.25, -0.2) is 14.8 Å². The first-order valence-corrected chi connectivity index (χ1v) is 5.88. The first-order chi connectivity index (χ1) is 8.61. The third-order valence-electron chi connectivity index (χ3n) is 2.33. The number of halogens is 1. The molecule has 1 aromatic heterocycles. The van der Waals surface area contributed by atoms with Gasteiger partial charge in [-0.15, -0.1) is 0 Å². The number of ether oxygens (including phenoxy) is 1. The van der Waals surface area contributed by atoms with Crippen LogP contribution in [0, 0.1) is 0 Å². The summed E-state index contributed by atoms with van der Waals surface area (Å²) in [7, 11) is 1.28. The average molecular weight is 308 g/mol. The fraction of sp³-hybridized carbons (Fsp3) is 0.0833. The zero-order valence-corrected chi connectivity index (χ0v) is 11.1. The molecular formula is C12H10BrN3O2. The predicted molar refractivity (Wildman–Crippen MR) is 70.9 cm³/mol. The number of anilines is 1. The molecule has 2 aromatic rings. The van der Waals surface area contributed by atoms with Crippen LogP contribution < -0.4 is 5.73 Å². The standard InChI is InChI=1S/C12H10BrN3O2/c1-18-12(17)9-6-15-11(16-10(9)14)7-2-4-8(13)5-3-7/h2-6H,1H3,(H2,14,15,16). The van der Waals surface area contributed by atoms with Crippen LogP contribution in [0.5, 0.6) is 0 Å². The number of nitrogens with two attached hydrogens (primary N) is 1. The van der Waals surface area contributed by atoms with Crippen LogP contribution in [0.4, 0.5) is 5.82 Å². The first-order valence-electron chi connectivity index (χ1n) is 5.08. The van der Waals surface area contributed by atoms with Gasteiger partial charge in [-0.2, -0.15) is 0 Å². The molecule has 0 aliphatic carbocycles. The lowest BCUT2D eigenvalue weighted by atomic mass is 10.2. The lowest BCUT2D eigenvalue weighted by Crippen LogP contribution is -2.09. The topological polar surface area (TPSA) is 78.1 Å². The average Bonchev–Trinajstić information content (AvgIpc) is 2.38. The number of methoxy groups -OCH3 is 1. The van der Waals surface area contributed by atoms with Crippen molar-refractivity contribution < 1.29 is 9.53 Å². The van der Waals surface area contributed by atoms with Crippen LogP contribution in [0.25, 0.3) is 11.4 Å². The third kappa shape index (κ3) is 2.48. The molecule has 0 saturated heterocycles. The van der Waals surface area contributed by atoms with E-state index in [-0.39, 0.29) is 11.4 Å². The molecule has 92 valence electrons. The Morgan fingerprint density at radius 3 is 2.56 bits per heavy atom. The first kappa shape index (κ1) is 12.5.